The van der Waals surface area contributed by atoms with Crippen molar-refractivity contribution in [2.75, 3.05) is 32.2 Å². The molecule has 0 spiro atoms. The first kappa shape index (κ1) is 23.6. The van der Waals surface area contributed by atoms with Crippen molar-refractivity contribution in [2.45, 2.75) is 26.3 Å². The molecule has 0 bridgehead atoms. The van der Waals surface area contributed by atoms with Crippen molar-refractivity contribution in [3.63, 3.8) is 0 Å². The number of carbonyl (C=O) groups excluding carboxylic acids is 1. The van der Waals surface area contributed by atoms with E-state index in [0.29, 0.717) is 23.6 Å². The maximum atomic E-state index is 12.0. The molecule has 2 aromatic rings. The predicted molar refractivity (Wildman–Crippen MR) is 121 cm³/mol. The van der Waals surface area contributed by atoms with E-state index in [-0.39, 0.29) is 18.8 Å². The Morgan fingerprint density at radius 1 is 1.10 bits per heavy atom. The standard InChI is InChI=1S/C24H29N3O4/c1-6-11-29-21-9-7-19(8-10-21)26-20-14-18(17-25)15-22(16-20)30-12-13-31-23(28)27(5)24(2,3)4/h6-10,14-16,26H,1,11-13H2,2-5H3. The molecule has 0 saturated carbocycles. The van der Waals surface area contributed by atoms with Crippen LogP contribution in [0.4, 0.5) is 16.2 Å². The van der Waals surface area contributed by atoms with E-state index >= 15 is 0 Å². The summed E-state index contributed by atoms with van der Waals surface area (Å²) in [6.45, 7) is 10.1. The van der Waals surface area contributed by atoms with Gasteiger partial charge in [0.1, 0.15) is 31.3 Å². The van der Waals surface area contributed by atoms with Gasteiger partial charge in [-0.3, -0.25) is 0 Å². The molecule has 0 fully saturated rings. The molecular formula is C24H29N3O4. The Morgan fingerprint density at radius 3 is 2.42 bits per heavy atom. The van der Waals surface area contributed by atoms with Crippen LogP contribution >= 0.6 is 0 Å². The average molecular weight is 424 g/mol. The molecule has 0 aliphatic carbocycles. The fourth-order valence-electron chi connectivity index (χ4n) is 2.43. The number of carbonyl (C=O) groups is 1. The van der Waals surface area contributed by atoms with Crippen LogP contribution in [-0.2, 0) is 4.74 Å². The summed E-state index contributed by atoms with van der Waals surface area (Å²) >= 11 is 0. The van der Waals surface area contributed by atoms with Crippen LogP contribution in [0.5, 0.6) is 11.5 Å². The zero-order valence-electron chi connectivity index (χ0n) is 18.5. The molecule has 2 rings (SSSR count). The van der Waals surface area contributed by atoms with E-state index in [4.69, 9.17) is 14.2 Å². The van der Waals surface area contributed by atoms with E-state index < -0.39 is 6.09 Å². The van der Waals surface area contributed by atoms with E-state index in [1.807, 2.05) is 45.0 Å². The monoisotopic (exact) mass is 423 g/mol. The van der Waals surface area contributed by atoms with Crippen LogP contribution in [0.1, 0.15) is 26.3 Å². The molecule has 1 N–H and O–H groups in total. The van der Waals surface area contributed by atoms with Crippen LogP contribution in [0.3, 0.4) is 0 Å². The number of hydrogen-bond acceptors (Lipinski definition) is 6. The lowest BCUT2D eigenvalue weighted by atomic mass is 10.1. The molecule has 0 radical (unpaired) electrons. The van der Waals surface area contributed by atoms with E-state index in [0.717, 1.165) is 11.4 Å². The largest absolute Gasteiger partial charge is 0.490 e. The summed E-state index contributed by atoms with van der Waals surface area (Å²) in [5.74, 6) is 1.25. The maximum Gasteiger partial charge on any atom is 0.410 e. The van der Waals surface area contributed by atoms with Crippen LogP contribution in [-0.4, -0.2) is 43.4 Å². The summed E-state index contributed by atoms with van der Waals surface area (Å²) in [6, 6.07) is 14.7. The van der Waals surface area contributed by atoms with Crippen LogP contribution in [0.25, 0.3) is 0 Å². The molecule has 7 heteroatoms. The number of hydrogen-bond donors (Lipinski definition) is 1. The molecule has 0 aliphatic rings. The lowest BCUT2D eigenvalue weighted by Crippen LogP contribution is -2.43. The lowest BCUT2D eigenvalue weighted by Gasteiger charge is -2.30. The summed E-state index contributed by atoms with van der Waals surface area (Å²) in [5, 5.41) is 12.6. The van der Waals surface area contributed by atoms with Gasteiger partial charge in [-0.15, -0.1) is 0 Å². The van der Waals surface area contributed by atoms with E-state index in [2.05, 4.69) is 18.0 Å². The van der Waals surface area contributed by atoms with Gasteiger partial charge in [-0.05, 0) is 57.2 Å². The Labute approximate surface area is 183 Å². The van der Waals surface area contributed by atoms with Crippen LogP contribution in [0.15, 0.2) is 55.1 Å². The van der Waals surface area contributed by atoms with Crippen molar-refractivity contribution in [1.29, 1.82) is 5.26 Å². The minimum absolute atomic E-state index is 0.102. The van der Waals surface area contributed by atoms with E-state index in [9.17, 15) is 10.1 Å². The molecule has 31 heavy (non-hydrogen) atoms. The minimum atomic E-state index is -0.412. The first-order valence-electron chi connectivity index (χ1n) is 9.92. The fraction of sp³-hybridized carbons (Fsp3) is 0.333. The smallest absolute Gasteiger partial charge is 0.410 e. The number of anilines is 2. The third kappa shape index (κ3) is 7.59. The fourth-order valence-corrected chi connectivity index (χ4v) is 2.43. The average Bonchev–Trinajstić information content (AvgIpc) is 2.74. The Kier molecular flexibility index (Phi) is 8.33. The van der Waals surface area contributed by atoms with Crippen molar-refractivity contribution >= 4 is 17.5 Å². The highest BCUT2D eigenvalue weighted by atomic mass is 16.6. The van der Waals surface area contributed by atoms with Gasteiger partial charge < -0.3 is 24.4 Å². The van der Waals surface area contributed by atoms with Gasteiger partial charge in [0.25, 0.3) is 0 Å². The quantitative estimate of drug-likeness (QED) is 0.446. The van der Waals surface area contributed by atoms with Gasteiger partial charge in [0.15, 0.2) is 0 Å². The van der Waals surface area contributed by atoms with E-state index in [1.54, 1.807) is 31.3 Å². The maximum absolute atomic E-state index is 12.0. The molecule has 0 saturated heterocycles. The summed E-state index contributed by atoms with van der Waals surface area (Å²) in [5.41, 5.74) is 1.68. The number of benzene rings is 2. The molecular weight excluding hydrogens is 394 g/mol. The van der Waals surface area contributed by atoms with Crippen LogP contribution < -0.4 is 14.8 Å². The highest BCUT2D eigenvalue weighted by Gasteiger charge is 2.23. The number of nitrogens with one attached hydrogen (secondary N) is 1. The highest BCUT2D eigenvalue weighted by molar-refractivity contribution is 5.68. The van der Waals surface area contributed by atoms with Crippen molar-refractivity contribution in [3.05, 3.63) is 60.7 Å². The minimum Gasteiger partial charge on any atom is -0.490 e. The summed E-state index contributed by atoms with van der Waals surface area (Å²) in [7, 11) is 1.69. The van der Waals surface area contributed by atoms with Gasteiger partial charge in [0.05, 0.1) is 11.6 Å². The third-order valence-electron chi connectivity index (χ3n) is 4.40. The van der Waals surface area contributed by atoms with Gasteiger partial charge in [-0.2, -0.15) is 5.26 Å². The van der Waals surface area contributed by atoms with Crippen molar-refractivity contribution in [1.82, 2.24) is 4.90 Å². The lowest BCUT2D eigenvalue weighted by molar-refractivity contribution is 0.0704. The second-order valence-corrected chi connectivity index (χ2v) is 7.80. The zero-order valence-corrected chi connectivity index (χ0v) is 18.5. The summed E-state index contributed by atoms with van der Waals surface area (Å²) in [6.07, 6.45) is 1.27. The first-order chi connectivity index (χ1) is 14.7. The molecule has 0 aromatic heterocycles. The van der Waals surface area contributed by atoms with Crippen molar-refractivity contribution in [3.8, 4) is 17.6 Å². The third-order valence-corrected chi connectivity index (χ3v) is 4.40. The Balaban J connectivity index is 1.95. The van der Waals surface area contributed by atoms with Gasteiger partial charge in [0.2, 0.25) is 0 Å². The zero-order chi connectivity index (χ0) is 22.9. The molecule has 164 valence electrons. The molecule has 2 aromatic carbocycles. The van der Waals surface area contributed by atoms with Crippen LogP contribution in [0.2, 0.25) is 0 Å². The number of ether oxygens (including phenoxy) is 3. The molecule has 7 nitrogen and oxygen atoms in total. The predicted octanol–water partition coefficient (Wildman–Crippen LogP) is 5.11. The second kappa shape index (κ2) is 10.9. The number of nitrogens with zero attached hydrogens (tertiary/aromatic N) is 2. The second-order valence-electron chi connectivity index (χ2n) is 7.80. The Morgan fingerprint density at radius 2 is 1.81 bits per heavy atom. The Hall–Kier alpha value is -3.66. The number of amides is 1. The topological polar surface area (TPSA) is 83.8 Å². The molecule has 0 aliphatic heterocycles. The van der Waals surface area contributed by atoms with Crippen molar-refractivity contribution in [2.24, 2.45) is 0 Å². The normalized spacial score (nSPS) is 10.5. The van der Waals surface area contributed by atoms with Gasteiger partial charge in [0, 0.05) is 30.0 Å². The number of rotatable bonds is 9. The van der Waals surface area contributed by atoms with Gasteiger partial charge >= 0.3 is 6.09 Å². The van der Waals surface area contributed by atoms with Gasteiger partial charge in [-0.25, -0.2) is 4.79 Å². The number of nitriles is 1. The van der Waals surface area contributed by atoms with Crippen molar-refractivity contribution < 1.29 is 19.0 Å². The Bertz CT molecular complexity index is 927. The first-order valence-corrected chi connectivity index (χ1v) is 9.92. The van der Waals surface area contributed by atoms with E-state index in [1.165, 1.54) is 4.90 Å². The van der Waals surface area contributed by atoms with Crippen LogP contribution in [0, 0.1) is 11.3 Å². The molecule has 0 unspecified atom stereocenters. The molecule has 1 amide bonds. The molecule has 0 atom stereocenters. The highest BCUT2D eigenvalue weighted by Crippen LogP contribution is 2.25. The SMILES string of the molecule is C=CCOc1ccc(Nc2cc(C#N)cc(OCCOC(=O)N(C)C(C)(C)C)c2)cc1. The summed E-state index contributed by atoms with van der Waals surface area (Å²) < 4.78 is 16.4. The van der Waals surface area contributed by atoms with Gasteiger partial charge in [-0.1, -0.05) is 12.7 Å². The molecule has 0 heterocycles. The summed E-state index contributed by atoms with van der Waals surface area (Å²) in [4.78, 5) is 13.5.